The van der Waals surface area contributed by atoms with E-state index in [9.17, 15) is 19.5 Å². The molecule has 0 radical (unpaired) electrons. The van der Waals surface area contributed by atoms with Crippen LogP contribution in [0.5, 0.6) is 17.2 Å². The summed E-state index contributed by atoms with van der Waals surface area (Å²) in [5.41, 5.74) is 1.06. The molecule has 13 heteroatoms. The molecule has 2 heterocycles. The molecule has 0 saturated carbocycles. The van der Waals surface area contributed by atoms with Gasteiger partial charge in [0, 0.05) is 10.6 Å². The minimum Gasteiger partial charge on any atom is -0.506 e. The Balaban J connectivity index is 1.93. The monoisotopic (exact) mass is 712 g/mol. The van der Waals surface area contributed by atoms with Gasteiger partial charge >= 0.3 is 11.9 Å². The van der Waals surface area contributed by atoms with Gasteiger partial charge in [0.1, 0.15) is 5.75 Å². The van der Waals surface area contributed by atoms with Crippen LogP contribution in [0.15, 0.2) is 51.4 Å². The first-order valence-electron chi connectivity index (χ1n) is 12.4. The Hall–Kier alpha value is -3.36. The lowest BCUT2D eigenvalue weighted by Gasteiger charge is -2.25. The quantitative estimate of drug-likeness (QED) is 0.263. The maximum Gasteiger partial charge on any atom is 0.343 e. The summed E-state index contributed by atoms with van der Waals surface area (Å²) < 4.78 is 23.6. The number of carbonyl (C=O) groups excluding carboxylic acids is 2. The number of halogens is 2. The molecule has 1 aliphatic heterocycles. The zero-order chi connectivity index (χ0) is 29.8. The molecule has 0 amide bonds. The van der Waals surface area contributed by atoms with Crippen LogP contribution in [0.1, 0.15) is 37.9 Å². The van der Waals surface area contributed by atoms with Crippen LogP contribution in [0.4, 0.5) is 0 Å². The number of nitrogens with zero attached hydrogens (tertiary/aromatic N) is 2. The van der Waals surface area contributed by atoms with Crippen LogP contribution >= 0.6 is 45.5 Å². The van der Waals surface area contributed by atoms with Crippen LogP contribution < -0.4 is 24.4 Å². The van der Waals surface area contributed by atoms with Crippen LogP contribution in [0.25, 0.3) is 6.08 Å². The second-order valence-electron chi connectivity index (χ2n) is 8.63. The summed E-state index contributed by atoms with van der Waals surface area (Å²) in [6.07, 6.45) is 1.54. The summed E-state index contributed by atoms with van der Waals surface area (Å²) in [6, 6.07) is 7.20. The smallest absolute Gasteiger partial charge is 0.343 e. The molecule has 0 unspecified atom stereocenters. The number of phenolic OH excluding ortho intramolecular Hbond substituents is 1. The van der Waals surface area contributed by atoms with Crippen molar-refractivity contribution in [2.45, 2.75) is 26.8 Å². The number of hydrogen-bond acceptors (Lipinski definition) is 10. The van der Waals surface area contributed by atoms with Crippen molar-refractivity contribution in [1.82, 2.24) is 4.57 Å². The molecule has 1 aliphatic rings. The molecular formula is C28H26ClIN2O8S. The Morgan fingerprint density at radius 3 is 2.61 bits per heavy atom. The fourth-order valence-electron chi connectivity index (χ4n) is 4.22. The molecule has 41 heavy (non-hydrogen) atoms. The van der Waals surface area contributed by atoms with Gasteiger partial charge in [-0.1, -0.05) is 29.0 Å². The SMILES string of the molecule is CCOC(=O)C1=C(C)N=c2s/c(=C\c3cc(Cl)cc(I)c3O)c(=O)n2[C@H]1c1ccc(OCC(=O)OC)c(OCC)c1. The van der Waals surface area contributed by atoms with Gasteiger partial charge in [-0.2, -0.15) is 0 Å². The standard InChI is InChI=1S/C28H26ClIN2O8S/c1-5-38-20-10-15(7-8-19(20)40-13-22(33)37-4)24-23(27(36)39-6-2)14(3)31-28-32(24)26(35)21(41-28)11-16-9-17(29)12-18(30)25(16)34/h7-12,24,34H,5-6,13H2,1-4H3/b21-11-/t24-/m0/s1. The number of aromatic hydroxyl groups is 1. The second kappa shape index (κ2) is 13.1. The average molecular weight is 713 g/mol. The molecule has 0 aliphatic carbocycles. The van der Waals surface area contributed by atoms with E-state index in [1.807, 2.05) is 22.6 Å². The molecule has 0 fully saturated rings. The van der Waals surface area contributed by atoms with E-state index in [0.717, 1.165) is 11.3 Å². The summed E-state index contributed by atoms with van der Waals surface area (Å²) in [7, 11) is 1.26. The minimum absolute atomic E-state index is 0.00956. The third kappa shape index (κ3) is 6.44. The predicted molar refractivity (Wildman–Crippen MR) is 161 cm³/mol. The number of aromatic nitrogens is 1. The van der Waals surface area contributed by atoms with Crippen molar-refractivity contribution >= 4 is 63.5 Å². The largest absolute Gasteiger partial charge is 0.506 e. The topological polar surface area (TPSA) is 126 Å². The molecule has 216 valence electrons. The lowest BCUT2D eigenvalue weighted by molar-refractivity contribution is -0.143. The van der Waals surface area contributed by atoms with Crippen molar-refractivity contribution in [2.24, 2.45) is 4.99 Å². The molecule has 0 spiro atoms. The van der Waals surface area contributed by atoms with Crippen LogP contribution in [-0.2, 0) is 19.1 Å². The van der Waals surface area contributed by atoms with Crippen molar-refractivity contribution in [1.29, 1.82) is 0 Å². The summed E-state index contributed by atoms with van der Waals surface area (Å²) in [5.74, 6) is -0.582. The van der Waals surface area contributed by atoms with Gasteiger partial charge in [0.05, 0.1) is 45.7 Å². The molecule has 1 aromatic heterocycles. The summed E-state index contributed by atoms with van der Waals surface area (Å²) >= 11 is 9.27. The Labute approximate surface area is 257 Å². The second-order valence-corrected chi connectivity index (χ2v) is 11.2. The number of hydrogen-bond donors (Lipinski definition) is 1. The van der Waals surface area contributed by atoms with E-state index in [-0.39, 0.29) is 34.8 Å². The van der Waals surface area contributed by atoms with Gasteiger partial charge in [0.15, 0.2) is 22.9 Å². The van der Waals surface area contributed by atoms with E-state index in [2.05, 4.69) is 9.73 Å². The van der Waals surface area contributed by atoms with Gasteiger partial charge in [-0.05, 0) is 79.3 Å². The molecule has 0 bridgehead atoms. The van der Waals surface area contributed by atoms with Crippen molar-refractivity contribution in [3.05, 3.63) is 81.0 Å². The zero-order valence-electron chi connectivity index (χ0n) is 22.5. The van der Waals surface area contributed by atoms with E-state index < -0.39 is 23.5 Å². The van der Waals surface area contributed by atoms with E-state index in [1.165, 1.54) is 11.7 Å². The molecule has 1 atom stereocenters. The Bertz CT molecular complexity index is 1730. The van der Waals surface area contributed by atoms with Crippen LogP contribution in [0.2, 0.25) is 5.02 Å². The van der Waals surface area contributed by atoms with E-state index >= 15 is 0 Å². The number of ether oxygens (including phenoxy) is 4. The lowest BCUT2D eigenvalue weighted by atomic mass is 9.95. The van der Waals surface area contributed by atoms with Crippen LogP contribution in [-0.4, -0.2) is 48.5 Å². The molecule has 3 aromatic rings. The zero-order valence-corrected chi connectivity index (χ0v) is 26.3. The third-order valence-corrected chi connectivity index (χ3v) is 8.04. The molecule has 10 nitrogen and oxygen atoms in total. The molecule has 2 aromatic carbocycles. The van der Waals surface area contributed by atoms with Gasteiger partial charge in [0.25, 0.3) is 5.56 Å². The first-order valence-corrected chi connectivity index (χ1v) is 14.7. The number of fused-ring (bicyclic) bond motifs is 1. The molecule has 0 saturated heterocycles. The highest BCUT2D eigenvalue weighted by atomic mass is 127. The van der Waals surface area contributed by atoms with Crippen molar-refractivity contribution < 1.29 is 33.6 Å². The number of methoxy groups -OCH3 is 1. The van der Waals surface area contributed by atoms with Gasteiger partial charge in [-0.3, -0.25) is 9.36 Å². The predicted octanol–water partition coefficient (Wildman–Crippen LogP) is 3.71. The Kier molecular flexibility index (Phi) is 9.76. The van der Waals surface area contributed by atoms with Gasteiger partial charge < -0.3 is 24.1 Å². The number of phenols is 1. The summed E-state index contributed by atoms with van der Waals surface area (Å²) in [6.45, 7) is 5.26. The highest BCUT2D eigenvalue weighted by Gasteiger charge is 2.34. The normalized spacial score (nSPS) is 14.8. The molecule has 1 N–H and O–H groups in total. The number of thiazole rings is 1. The summed E-state index contributed by atoms with van der Waals surface area (Å²) in [5, 5.41) is 11.0. The van der Waals surface area contributed by atoms with E-state index in [1.54, 1.807) is 57.2 Å². The van der Waals surface area contributed by atoms with Crippen LogP contribution in [0.3, 0.4) is 0 Å². The number of rotatable bonds is 9. The van der Waals surface area contributed by atoms with Crippen molar-refractivity contribution in [3.63, 3.8) is 0 Å². The number of carbonyl (C=O) groups is 2. The van der Waals surface area contributed by atoms with E-state index in [0.29, 0.717) is 42.6 Å². The fraction of sp³-hybridized carbons (Fsp3) is 0.286. The fourth-order valence-corrected chi connectivity index (χ4v) is 6.32. The summed E-state index contributed by atoms with van der Waals surface area (Å²) in [4.78, 5) is 43.6. The van der Waals surface area contributed by atoms with Crippen molar-refractivity contribution in [3.8, 4) is 17.2 Å². The van der Waals surface area contributed by atoms with Gasteiger partial charge in [-0.15, -0.1) is 0 Å². The Morgan fingerprint density at radius 2 is 1.93 bits per heavy atom. The molecular weight excluding hydrogens is 687 g/mol. The maximum absolute atomic E-state index is 13.9. The number of esters is 2. The van der Waals surface area contributed by atoms with Crippen molar-refractivity contribution in [2.75, 3.05) is 26.9 Å². The van der Waals surface area contributed by atoms with Gasteiger partial charge in [0.2, 0.25) is 0 Å². The number of benzene rings is 2. The number of allylic oxidation sites excluding steroid dienone is 1. The first kappa shape index (κ1) is 30.6. The average Bonchev–Trinajstić information content (AvgIpc) is 3.23. The first-order chi connectivity index (χ1) is 19.6. The molecule has 4 rings (SSSR count). The third-order valence-electron chi connectivity index (χ3n) is 6.02. The minimum atomic E-state index is -0.908. The van der Waals surface area contributed by atoms with E-state index in [4.69, 9.17) is 25.8 Å². The highest BCUT2D eigenvalue weighted by molar-refractivity contribution is 14.1. The highest BCUT2D eigenvalue weighted by Crippen LogP contribution is 2.36. The lowest BCUT2D eigenvalue weighted by Crippen LogP contribution is -2.40. The Morgan fingerprint density at radius 1 is 1.17 bits per heavy atom. The van der Waals surface area contributed by atoms with Crippen LogP contribution in [0, 0.1) is 3.57 Å². The maximum atomic E-state index is 13.9. The van der Waals surface area contributed by atoms with Gasteiger partial charge in [-0.25, -0.2) is 14.6 Å².